The molecule has 0 aromatic carbocycles. The molecule has 0 N–H and O–H groups in total. The molecule has 5 rings (SSSR count). The number of methoxy groups -OCH3 is 1. The fourth-order valence-corrected chi connectivity index (χ4v) is 4.60. The number of fused-ring (bicyclic) bond motifs is 3. The van der Waals surface area contributed by atoms with E-state index in [0.717, 1.165) is 54.8 Å². The number of hydrogen-bond donors (Lipinski definition) is 0. The predicted octanol–water partition coefficient (Wildman–Crippen LogP) is 4.89. The lowest BCUT2D eigenvalue weighted by atomic mass is 9.81. The third-order valence-corrected chi connectivity index (χ3v) is 6.53. The summed E-state index contributed by atoms with van der Waals surface area (Å²) in [6.07, 6.45) is 4.53. The lowest BCUT2D eigenvalue weighted by Crippen LogP contribution is -2.33. The van der Waals surface area contributed by atoms with Crippen molar-refractivity contribution in [1.82, 2.24) is 9.55 Å². The molecule has 2 aliphatic carbocycles. The molecule has 1 atom stereocenters. The van der Waals surface area contributed by atoms with Crippen molar-refractivity contribution in [3.8, 4) is 29.0 Å². The molecule has 7 nitrogen and oxygen atoms in total. The molecule has 174 valence electrons. The van der Waals surface area contributed by atoms with E-state index in [2.05, 4.69) is 26.8 Å². The molecule has 3 aliphatic rings. The molecule has 0 radical (unpaired) electrons. The summed E-state index contributed by atoms with van der Waals surface area (Å²) in [4.78, 5) is 18.3. The second-order valence-electron chi connectivity index (χ2n) is 10.4. The van der Waals surface area contributed by atoms with Gasteiger partial charge in [0.15, 0.2) is 5.75 Å². The minimum Gasteiger partial charge on any atom is -0.491 e. The molecule has 1 aliphatic heterocycles. The van der Waals surface area contributed by atoms with Gasteiger partial charge in [-0.25, -0.2) is 4.98 Å². The first-order valence-electron chi connectivity index (χ1n) is 11.9. The van der Waals surface area contributed by atoms with Crippen LogP contribution >= 0.6 is 0 Å². The van der Waals surface area contributed by atoms with Crippen molar-refractivity contribution in [3.63, 3.8) is 0 Å². The summed E-state index contributed by atoms with van der Waals surface area (Å²) >= 11 is 0. The SMILES string of the molecule is COCCCOc1cc2c(nc1C1CC1)-c1c(cc(C#N)c(=O)n1C1CC1)[C@@H](C(C)(C)C)O2. The summed E-state index contributed by atoms with van der Waals surface area (Å²) in [5.74, 6) is 1.78. The number of ether oxygens (including phenoxy) is 3. The zero-order valence-electron chi connectivity index (χ0n) is 19.8. The van der Waals surface area contributed by atoms with Crippen LogP contribution in [0.15, 0.2) is 16.9 Å². The zero-order chi connectivity index (χ0) is 23.3. The van der Waals surface area contributed by atoms with Gasteiger partial charge in [-0.1, -0.05) is 20.8 Å². The smallest absolute Gasteiger partial charge is 0.269 e. The maximum Gasteiger partial charge on any atom is 0.269 e. The highest BCUT2D eigenvalue weighted by atomic mass is 16.5. The van der Waals surface area contributed by atoms with Crippen molar-refractivity contribution in [2.45, 2.75) is 70.9 Å². The predicted molar refractivity (Wildman–Crippen MR) is 124 cm³/mol. The van der Waals surface area contributed by atoms with E-state index in [4.69, 9.17) is 19.2 Å². The van der Waals surface area contributed by atoms with E-state index in [1.165, 1.54) is 0 Å². The lowest BCUT2D eigenvalue weighted by Gasteiger charge is -2.37. The monoisotopic (exact) mass is 449 g/mol. The van der Waals surface area contributed by atoms with E-state index in [0.29, 0.717) is 30.6 Å². The van der Waals surface area contributed by atoms with Crippen molar-refractivity contribution in [2.75, 3.05) is 20.3 Å². The molecule has 2 aromatic heterocycles. The maximum absolute atomic E-state index is 13.3. The fraction of sp³-hybridized carbons (Fsp3) is 0.577. The van der Waals surface area contributed by atoms with Crippen LogP contribution in [0.3, 0.4) is 0 Å². The standard InChI is InChI=1S/C26H31N3O4/c1-26(2,3)24-18-12-16(14-27)25(30)29(17-8-9-17)23(18)22-20(33-24)13-19(32-11-5-10-31-4)21(28-22)15-6-7-15/h12-13,15,17,24H,5-11H2,1-4H3/t24-/m0/s1. The Balaban J connectivity index is 1.70. The number of nitriles is 1. The minimum absolute atomic E-state index is 0.113. The normalized spacial score (nSPS) is 19.3. The largest absolute Gasteiger partial charge is 0.491 e. The summed E-state index contributed by atoms with van der Waals surface area (Å²) in [6, 6.07) is 5.91. The van der Waals surface area contributed by atoms with Gasteiger partial charge in [-0.15, -0.1) is 0 Å². The molecule has 0 bridgehead atoms. The van der Waals surface area contributed by atoms with Crippen molar-refractivity contribution in [1.29, 1.82) is 5.26 Å². The zero-order valence-corrected chi connectivity index (χ0v) is 19.8. The van der Waals surface area contributed by atoms with E-state index in [-0.39, 0.29) is 28.7 Å². The second-order valence-corrected chi connectivity index (χ2v) is 10.4. The van der Waals surface area contributed by atoms with Gasteiger partial charge in [-0.05, 0) is 31.7 Å². The summed E-state index contributed by atoms with van der Waals surface area (Å²) in [6.45, 7) is 7.52. The third kappa shape index (κ3) is 4.02. The second kappa shape index (κ2) is 8.18. The topological polar surface area (TPSA) is 86.4 Å². The summed E-state index contributed by atoms with van der Waals surface area (Å²) in [5, 5.41) is 9.67. The quantitative estimate of drug-likeness (QED) is 0.560. The van der Waals surface area contributed by atoms with Gasteiger partial charge in [0.2, 0.25) is 0 Å². The van der Waals surface area contributed by atoms with Crippen molar-refractivity contribution in [2.24, 2.45) is 5.41 Å². The first-order valence-corrected chi connectivity index (χ1v) is 11.9. The first kappa shape index (κ1) is 22.0. The number of rotatable bonds is 7. The molecule has 2 aromatic rings. The van der Waals surface area contributed by atoms with Gasteiger partial charge in [-0.2, -0.15) is 5.26 Å². The van der Waals surface area contributed by atoms with E-state index in [1.54, 1.807) is 13.2 Å². The Morgan fingerprint density at radius 2 is 1.97 bits per heavy atom. The van der Waals surface area contributed by atoms with Gasteiger partial charge >= 0.3 is 0 Å². The average molecular weight is 450 g/mol. The fourth-order valence-electron chi connectivity index (χ4n) is 4.60. The number of pyridine rings is 2. The van der Waals surface area contributed by atoms with E-state index >= 15 is 0 Å². The van der Waals surface area contributed by atoms with Crippen LogP contribution in [0.25, 0.3) is 11.4 Å². The molecular weight excluding hydrogens is 418 g/mol. The minimum atomic E-state index is -0.312. The summed E-state index contributed by atoms with van der Waals surface area (Å²) in [5.41, 5.74) is 3.02. The molecule has 0 saturated heterocycles. The lowest BCUT2D eigenvalue weighted by molar-refractivity contribution is 0.0824. The van der Waals surface area contributed by atoms with Gasteiger partial charge < -0.3 is 18.8 Å². The van der Waals surface area contributed by atoms with Crippen molar-refractivity contribution >= 4 is 0 Å². The summed E-state index contributed by atoms with van der Waals surface area (Å²) < 4.78 is 19.6. The molecular formula is C26H31N3O4. The van der Waals surface area contributed by atoms with Crippen LogP contribution in [-0.4, -0.2) is 29.9 Å². The summed E-state index contributed by atoms with van der Waals surface area (Å²) in [7, 11) is 1.69. The number of aromatic nitrogens is 2. The van der Waals surface area contributed by atoms with Crippen LogP contribution < -0.4 is 15.0 Å². The van der Waals surface area contributed by atoms with Gasteiger partial charge in [0.25, 0.3) is 5.56 Å². The maximum atomic E-state index is 13.3. The highest BCUT2D eigenvalue weighted by molar-refractivity contribution is 5.72. The molecule has 0 amide bonds. The molecule has 33 heavy (non-hydrogen) atoms. The number of nitrogens with zero attached hydrogens (tertiary/aromatic N) is 3. The van der Waals surface area contributed by atoms with Gasteiger partial charge in [-0.3, -0.25) is 4.79 Å². The highest BCUT2D eigenvalue weighted by Gasteiger charge is 2.42. The van der Waals surface area contributed by atoms with Crippen molar-refractivity contribution in [3.05, 3.63) is 39.3 Å². The van der Waals surface area contributed by atoms with Crippen LogP contribution in [0.2, 0.25) is 0 Å². The van der Waals surface area contributed by atoms with E-state index in [9.17, 15) is 10.1 Å². The average Bonchev–Trinajstić information content (AvgIpc) is 3.68. The molecule has 0 spiro atoms. The highest BCUT2D eigenvalue weighted by Crippen LogP contribution is 2.53. The molecule has 7 heteroatoms. The van der Waals surface area contributed by atoms with Gasteiger partial charge in [0.05, 0.1) is 18.0 Å². The Morgan fingerprint density at radius 3 is 2.58 bits per heavy atom. The Morgan fingerprint density at radius 1 is 1.21 bits per heavy atom. The molecule has 2 saturated carbocycles. The Bertz CT molecular complexity index is 1180. The van der Waals surface area contributed by atoms with Crippen LogP contribution in [0, 0.1) is 16.7 Å². The van der Waals surface area contributed by atoms with Crippen LogP contribution in [0.4, 0.5) is 0 Å². The van der Waals surface area contributed by atoms with Crippen LogP contribution in [0.5, 0.6) is 11.5 Å². The van der Waals surface area contributed by atoms with Crippen molar-refractivity contribution < 1.29 is 14.2 Å². The van der Waals surface area contributed by atoms with Crippen LogP contribution in [0.1, 0.15) is 87.8 Å². The Kier molecular flexibility index (Phi) is 5.44. The van der Waals surface area contributed by atoms with Gasteiger partial charge in [0, 0.05) is 49.1 Å². The first-order chi connectivity index (χ1) is 15.8. The molecule has 3 heterocycles. The Hall–Kier alpha value is -2.85. The molecule has 2 fully saturated rings. The number of hydrogen-bond acceptors (Lipinski definition) is 6. The van der Waals surface area contributed by atoms with E-state index in [1.807, 2.05) is 10.6 Å². The Labute approximate surface area is 194 Å². The third-order valence-electron chi connectivity index (χ3n) is 6.53. The van der Waals surface area contributed by atoms with E-state index < -0.39 is 0 Å². The molecule has 0 unspecified atom stereocenters. The van der Waals surface area contributed by atoms with Crippen LogP contribution in [-0.2, 0) is 4.74 Å². The van der Waals surface area contributed by atoms with Gasteiger partial charge in [0.1, 0.15) is 29.2 Å².